The number of pyridine rings is 1. The van der Waals surface area contributed by atoms with Gasteiger partial charge >= 0.3 is 6.01 Å². The number of ether oxygens (including phenoxy) is 6. The summed E-state index contributed by atoms with van der Waals surface area (Å²) in [6.07, 6.45) is 2.00. The number of hydrogen-bond acceptors (Lipinski definition) is 10. The lowest BCUT2D eigenvalue weighted by atomic mass is 10.1. The molecule has 0 saturated carbocycles. The van der Waals surface area contributed by atoms with Crippen molar-refractivity contribution in [2.24, 2.45) is 0 Å². The van der Waals surface area contributed by atoms with Crippen molar-refractivity contribution in [3.05, 3.63) is 40.2 Å². The lowest BCUT2D eigenvalue weighted by Crippen LogP contribution is -2.47. The number of nitrogens with one attached hydrogen (secondary N) is 1. The number of imidazole rings is 1. The van der Waals surface area contributed by atoms with Gasteiger partial charge in [-0.25, -0.2) is 9.37 Å². The number of anilines is 1. The molecular formula is C38H56ClFN4O7Si2. The molecule has 5 atom stereocenters. The molecule has 7 rings (SSSR count). The van der Waals surface area contributed by atoms with Crippen LogP contribution in [0.25, 0.3) is 11.2 Å². The fourth-order valence-electron chi connectivity index (χ4n) is 7.22. The second-order valence-corrected chi connectivity index (χ2v) is 28.4. The number of rotatable bonds is 13. The van der Waals surface area contributed by atoms with E-state index in [4.69, 9.17) is 54.4 Å². The lowest BCUT2D eigenvalue weighted by Gasteiger charge is -2.39. The minimum absolute atomic E-state index is 0.0380. The van der Waals surface area contributed by atoms with Crippen molar-refractivity contribution in [1.29, 1.82) is 0 Å². The number of nitrogens with zero attached hydrogens (tertiary/aromatic N) is 3. The zero-order valence-electron chi connectivity index (χ0n) is 32.4. The molecule has 0 bridgehead atoms. The van der Waals surface area contributed by atoms with Crippen LogP contribution in [0.15, 0.2) is 18.2 Å². The molecule has 3 saturated heterocycles. The van der Waals surface area contributed by atoms with E-state index in [1.165, 1.54) is 6.07 Å². The first-order chi connectivity index (χ1) is 25.1. The normalized spacial score (nSPS) is 25.2. The summed E-state index contributed by atoms with van der Waals surface area (Å²) in [6.45, 7) is 21.1. The average Bonchev–Trinajstić information content (AvgIpc) is 3.84. The van der Waals surface area contributed by atoms with Gasteiger partial charge in [0.05, 0.1) is 43.6 Å². The number of fused-ring (bicyclic) bond motifs is 3. The van der Waals surface area contributed by atoms with Crippen molar-refractivity contribution in [1.82, 2.24) is 14.5 Å². The predicted molar refractivity (Wildman–Crippen MR) is 208 cm³/mol. The Morgan fingerprint density at radius 3 is 2.40 bits per heavy atom. The maximum atomic E-state index is 15.7. The Morgan fingerprint density at radius 2 is 1.68 bits per heavy atom. The highest BCUT2D eigenvalue weighted by Gasteiger charge is 2.52. The van der Waals surface area contributed by atoms with E-state index in [0.29, 0.717) is 85.2 Å². The largest absolute Gasteiger partial charge is 0.490 e. The van der Waals surface area contributed by atoms with Crippen molar-refractivity contribution in [3.63, 3.8) is 0 Å². The Hall–Kier alpha value is -2.31. The molecule has 1 N–H and O–H groups in total. The standard InChI is InChI=1S/C38H56ClFN4O7Si2/c1-38(2,3)53(7,8)51-31-21-48-33-30(20-47-34(31)33)50-37-42-29-19-26(39)35(43-36(29)44(37)22-46-15-16-52(4,5)6)41-28-10-9-23-17-25(18-27(40)32(23)28)49-24-11-13-45-14-12-24/h17-19,24,28,30-31,33-34H,9-16,20-22H2,1-8H3,(H,41,43)/t28?,30-,31-,33-,34-/m1/s1. The Labute approximate surface area is 319 Å². The highest BCUT2D eigenvalue weighted by Crippen LogP contribution is 2.42. The third-order valence-electron chi connectivity index (χ3n) is 11.3. The Morgan fingerprint density at radius 1 is 0.962 bits per heavy atom. The van der Waals surface area contributed by atoms with Crippen LogP contribution in [-0.2, 0) is 36.5 Å². The van der Waals surface area contributed by atoms with Crippen molar-refractivity contribution in [2.45, 2.75) is 134 Å². The van der Waals surface area contributed by atoms with Crippen LogP contribution in [0.4, 0.5) is 10.2 Å². The van der Waals surface area contributed by atoms with Crippen LogP contribution in [-0.4, -0.2) is 94.5 Å². The fraction of sp³-hybridized carbons (Fsp3) is 0.684. The van der Waals surface area contributed by atoms with Gasteiger partial charge in [-0.05, 0) is 54.7 Å². The molecule has 3 aromatic rings. The average molecular weight is 792 g/mol. The van der Waals surface area contributed by atoms with Crippen molar-refractivity contribution in [3.8, 4) is 11.8 Å². The molecule has 0 amide bonds. The zero-order chi connectivity index (χ0) is 37.7. The Bertz CT molecular complexity index is 1780. The first kappa shape index (κ1) is 38.9. The molecule has 1 aliphatic carbocycles. The number of aromatic nitrogens is 3. The molecule has 2 aromatic heterocycles. The molecule has 15 heteroatoms. The van der Waals surface area contributed by atoms with Crippen LogP contribution in [0, 0.1) is 5.82 Å². The molecule has 3 fully saturated rings. The van der Waals surface area contributed by atoms with E-state index in [9.17, 15) is 0 Å². The first-order valence-electron chi connectivity index (χ1n) is 19.1. The van der Waals surface area contributed by atoms with Crippen LogP contribution >= 0.6 is 11.6 Å². The summed E-state index contributed by atoms with van der Waals surface area (Å²) >= 11 is 6.85. The monoisotopic (exact) mass is 790 g/mol. The van der Waals surface area contributed by atoms with Crippen molar-refractivity contribution < 1.29 is 37.2 Å². The number of halogens is 2. The van der Waals surface area contributed by atoms with Crippen LogP contribution in [0.3, 0.4) is 0 Å². The number of hydrogen-bond donors (Lipinski definition) is 1. The fourth-order valence-corrected chi connectivity index (χ4v) is 9.49. The summed E-state index contributed by atoms with van der Waals surface area (Å²) < 4.78 is 61.2. The van der Waals surface area contributed by atoms with E-state index in [1.807, 2.05) is 10.6 Å². The van der Waals surface area contributed by atoms with Gasteiger partial charge in [0.1, 0.15) is 47.9 Å². The van der Waals surface area contributed by atoms with Gasteiger partial charge in [-0.15, -0.1) is 0 Å². The van der Waals surface area contributed by atoms with Gasteiger partial charge in [-0.3, -0.25) is 4.57 Å². The summed E-state index contributed by atoms with van der Waals surface area (Å²) in [5.74, 6) is 0.719. The molecule has 53 heavy (non-hydrogen) atoms. The molecule has 1 aromatic carbocycles. The quantitative estimate of drug-likeness (QED) is 0.135. The molecule has 3 aliphatic heterocycles. The van der Waals surface area contributed by atoms with Crippen LogP contribution in [0.1, 0.15) is 57.2 Å². The predicted octanol–water partition coefficient (Wildman–Crippen LogP) is 8.13. The molecule has 5 heterocycles. The summed E-state index contributed by atoms with van der Waals surface area (Å²) in [4.78, 5) is 9.82. The molecule has 4 aliphatic rings. The number of aryl methyl sites for hydroxylation is 1. The second kappa shape index (κ2) is 15.3. The van der Waals surface area contributed by atoms with E-state index >= 15 is 4.39 Å². The van der Waals surface area contributed by atoms with E-state index in [-0.39, 0.29) is 48.0 Å². The first-order valence-corrected chi connectivity index (χ1v) is 26.1. The van der Waals surface area contributed by atoms with Crippen molar-refractivity contribution >= 4 is 45.0 Å². The van der Waals surface area contributed by atoms with Gasteiger partial charge in [0.15, 0.2) is 20.1 Å². The van der Waals surface area contributed by atoms with Gasteiger partial charge in [-0.1, -0.05) is 52.0 Å². The van der Waals surface area contributed by atoms with Gasteiger partial charge in [0.25, 0.3) is 0 Å². The summed E-state index contributed by atoms with van der Waals surface area (Å²) in [7, 11) is -3.36. The highest BCUT2D eigenvalue weighted by molar-refractivity contribution is 6.76. The molecule has 0 spiro atoms. The van der Waals surface area contributed by atoms with Crippen molar-refractivity contribution in [2.75, 3.05) is 38.4 Å². The maximum Gasteiger partial charge on any atom is 0.301 e. The highest BCUT2D eigenvalue weighted by atomic mass is 35.5. The van der Waals surface area contributed by atoms with Gasteiger partial charge in [-0.2, -0.15) is 4.98 Å². The van der Waals surface area contributed by atoms with Crippen LogP contribution < -0.4 is 14.8 Å². The minimum atomic E-state index is -2.04. The van der Waals surface area contributed by atoms with Crippen LogP contribution in [0.2, 0.25) is 48.8 Å². The summed E-state index contributed by atoms with van der Waals surface area (Å²) in [5, 5.41) is 3.91. The molecule has 292 valence electrons. The van der Waals surface area contributed by atoms with E-state index in [2.05, 4.69) is 58.8 Å². The van der Waals surface area contributed by atoms with E-state index in [1.54, 1.807) is 6.07 Å². The van der Waals surface area contributed by atoms with Gasteiger partial charge in [0, 0.05) is 39.2 Å². The molecular weight excluding hydrogens is 735 g/mol. The topological polar surface area (TPSA) is 107 Å². The SMILES string of the molecule is CC(C)(C)[Si](C)(C)O[C@@H]1CO[C@H]2[C@@H]1OC[C@H]2Oc1nc2cc(Cl)c(NC3CCc4cc(OC5CCOCC5)cc(F)c43)nc2n1COCC[Si](C)(C)C. The second-order valence-electron chi connectivity index (χ2n) is 17.6. The van der Waals surface area contributed by atoms with Gasteiger partial charge in [0.2, 0.25) is 0 Å². The molecule has 11 nitrogen and oxygen atoms in total. The lowest BCUT2D eigenvalue weighted by molar-refractivity contribution is 0.00687. The molecule has 1 unspecified atom stereocenters. The van der Waals surface area contributed by atoms with Crippen LogP contribution in [0.5, 0.6) is 11.8 Å². The van der Waals surface area contributed by atoms with Gasteiger partial charge < -0.3 is 38.2 Å². The molecule has 0 radical (unpaired) electrons. The summed E-state index contributed by atoms with van der Waals surface area (Å²) in [5.41, 5.74) is 2.68. The maximum absolute atomic E-state index is 15.7. The third-order valence-corrected chi connectivity index (χ3v) is 17.8. The zero-order valence-corrected chi connectivity index (χ0v) is 35.2. The number of benzene rings is 1. The Kier molecular flexibility index (Phi) is 11.3. The smallest absolute Gasteiger partial charge is 0.301 e. The summed E-state index contributed by atoms with van der Waals surface area (Å²) in [6, 6.07) is 6.30. The van der Waals surface area contributed by atoms with E-state index < -0.39 is 22.5 Å². The Balaban J connectivity index is 1.11. The minimum Gasteiger partial charge on any atom is -0.490 e. The van der Waals surface area contributed by atoms with E-state index in [0.717, 1.165) is 24.4 Å². The third kappa shape index (κ3) is 8.59.